The van der Waals surface area contributed by atoms with Crippen LogP contribution in [-0.2, 0) is 30.6 Å². The molecular weight excluding hydrogens is 324 g/mol. The van der Waals surface area contributed by atoms with E-state index >= 15 is 0 Å². The smallest absolute Gasteiger partial charge is 0.315 e. The fraction of sp³-hybridized carbons (Fsp3) is 0.444. The number of ether oxygens (including phenoxy) is 1. The number of hydrogen-bond acceptors (Lipinski definition) is 2. The van der Waals surface area contributed by atoms with E-state index in [0.29, 0.717) is 17.8 Å². The van der Waals surface area contributed by atoms with Crippen molar-refractivity contribution in [3.63, 3.8) is 0 Å². The molecule has 0 aromatic heterocycles. The summed E-state index contributed by atoms with van der Waals surface area (Å²) >= 11 is 0. The van der Waals surface area contributed by atoms with Crippen molar-refractivity contribution in [2.75, 3.05) is 6.61 Å². The van der Waals surface area contributed by atoms with Crippen LogP contribution in [0.5, 0.6) is 0 Å². The maximum Gasteiger partial charge on any atom is 0.315 e. The summed E-state index contributed by atoms with van der Waals surface area (Å²) in [4.78, 5) is 10.9. The minimum atomic E-state index is -0.308. The Hall–Kier alpha value is -0.362. The van der Waals surface area contributed by atoms with Gasteiger partial charge >= 0.3 is 5.97 Å². The third-order valence-corrected chi connectivity index (χ3v) is 1.04. The van der Waals surface area contributed by atoms with Crippen LogP contribution in [0.4, 0.5) is 0 Å². The summed E-state index contributed by atoms with van der Waals surface area (Å²) in [5.41, 5.74) is 1.14. The molecule has 0 aromatic carbocycles. The van der Waals surface area contributed by atoms with E-state index in [4.69, 9.17) is 11.3 Å². The number of rotatable bonds is 3. The summed E-state index contributed by atoms with van der Waals surface area (Å²) in [6.07, 6.45) is 1.60. The minimum Gasteiger partial charge on any atom is -0.464 e. The van der Waals surface area contributed by atoms with Crippen LogP contribution in [0.15, 0.2) is 17.2 Å². The summed E-state index contributed by atoms with van der Waals surface area (Å²) in [6, 6.07) is 0. The van der Waals surface area contributed by atoms with Gasteiger partial charge in [-0.2, -0.15) is 6.08 Å². The molecule has 0 fully saturated rings. The van der Waals surface area contributed by atoms with E-state index in [1.54, 1.807) is 26.8 Å². The first-order valence-corrected chi connectivity index (χ1v) is 3.52. The first-order chi connectivity index (χ1) is 5.07. The molecule has 0 rings (SSSR count). The predicted octanol–water partition coefficient (Wildman–Crippen LogP) is 1.87. The van der Waals surface area contributed by atoms with Gasteiger partial charge in [0.05, 0.1) is 6.61 Å². The van der Waals surface area contributed by atoms with Crippen molar-refractivity contribution in [1.82, 2.24) is 0 Å². The van der Waals surface area contributed by atoms with E-state index in [1.165, 1.54) is 0 Å². The Labute approximate surface area is 87.9 Å². The standard InChI is InChI=1S/C9H13O2.W/c1-5-11-9(10)8(4)6-7(2)3;/h2,6H,5H2,1,3-4H3;/q-1;/b8-6-;. The van der Waals surface area contributed by atoms with Gasteiger partial charge in [-0.3, -0.25) is 6.58 Å². The molecule has 0 aliphatic heterocycles. The first-order valence-electron chi connectivity index (χ1n) is 3.52. The number of esters is 1. The van der Waals surface area contributed by atoms with Crippen molar-refractivity contribution in [3.8, 4) is 0 Å². The molecule has 0 radical (unpaired) electrons. The van der Waals surface area contributed by atoms with Crippen molar-refractivity contribution >= 4 is 5.97 Å². The fourth-order valence-electron chi connectivity index (χ4n) is 0.645. The Morgan fingerprint density at radius 1 is 1.50 bits per heavy atom. The van der Waals surface area contributed by atoms with Crippen molar-refractivity contribution in [1.29, 1.82) is 0 Å². The van der Waals surface area contributed by atoms with Gasteiger partial charge in [-0.15, -0.1) is 0 Å². The van der Waals surface area contributed by atoms with Gasteiger partial charge < -0.3 is 4.74 Å². The molecule has 68 valence electrons. The molecule has 0 saturated carbocycles. The van der Waals surface area contributed by atoms with Gasteiger partial charge in [-0.05, 0) is 19.4 Å². The second-order valence-corrected chi connectivity index (χ2v) is 2.29. The van der Waals surface area contributed by atoms with Crippen LogP contribution >= 0.6 is 0 Å². The van der Waals surface area contributed by atoms with Crippen LogP contribution in [0.2, 0.25) is 0 Å². The Kier molecular flexibility index (Phi) is 8.62. The molecule has 0 bridgehead atoms. The summed E-state index contributed by atoms with van der Waals surface area (Å²) in [5, 5.41) is 0. The second kappa shape index (κ2) is 7.30. The Balaban J connectivity index is 0. The first kappa shape index (κ1) is 14.2. The van der Waals surface area contributed by atoms with Gasteiger partial charge in [0.15, 0.2) is 0 Å². The molecule has 0 saturated heterocycles. The van der Waals surface area contributed by atoms with Crippen molar-refractivity contribution < 1.29 is 30.6 Å². The number of allylic oxidation sites excluding steroid dienone is 2. The summed E-state index contributed by atoms with van der Waals surface area (Å²) in [5.74, 6) is -0.308. The van der Waals surface area contributed by atoms with Gasteiger partial charge in [-0.1, -0.05) is 6.92 Å². The molecule has 0 atom stereocenters. The molecule has 0 unspecified atom stereocenters. The van der Waals surface area contributed by atoms with E-state index in [2.05, 4.69) is 0 Å². The molecule has 3 heteroatoms. The Bertz CT molecular complexity index is 195. The molecule has 0 spiro atoms. The van der Waals surface area contributed by atoms with Crippen LogP contribution in [0.3, 0.4) is 0 Å². The van der Waals surface area contributed by atoms with Crippen LogP contribution in [-0.4, -0.2) is 12.6 Å². The van der Waals surface area contributed by atoms with E-state index in [1.807, 2.05) is 0 Å². The van der Waals surface area contributed by atoms with Crippen LogP contribution in [0, 0.1) is 6.58 Å². The van der Waals surface area contributed by atoms with E-state index in [0.717, 1.165) is 0 Å². The molecule has 0 aliphatic rings. The molecular formula is C9H13O2W-. The van der Waals surface area contributed by atoms with Gasteiger partial charge in [-0.25, -0.2) is 10.4 Å². The van der Waals surface area contributed by atoms with Crippen molar-refractivity contribution in [2.45, 2.75) is 20.8 Å². The molecule has 0 heterocycles. The predicted molar refractivity (Wildman–Crippen MR) is 43.9 cm³/mol. The van der Waals surface area contributed by atoms with Gasteiger partial charge in [0, 0.05) is 21.1 Å². The maximum absolute atomic E-state index is 10.9. The van der Waals surface area contributed by atoms with Crippen molar-refractivity contribution in [2.24, 2.45) is 0 Å². The summed E-state index contributed by atoms with van der Waals surface area (Å²) < 4.78 is 4.73. The van der Waals surface area contributed by atoms with E-state index in [9.17, 15) is 4.79 Å². The average Bonchev–Trinajstić information content (AvgIpc) is 1.86. The number of carbonyl (C=O) groups is 1. The summed E-state index contributed by atoms with van der Waals surface area (Å²) in [7, 11) is 0. The SMILES string of the molecule is [CH-]=C(C)/C=C(/C)C(=O)OCC.[W]. The second-order valence-electron chi connectivity index (χ2n) is 2.29. The van der Waals surface area contributed by atoms with Crippen molar-refractivity contribution in [3.05, 3.63) is 23.8 Å². The quantitative estimate of drug-likeness (QED) is 0.340. The monoisotopic (exact) mass is 337 g/mol. The van der Waals surface area contributed by atoms with Crippen LogP contribution < -0.4 is 0 Å². The molecule has 0 aromatic rings. The molecule has 0 aliphatic carbocycles. The molecule has 0 amide bonds. The van der Waals surface area contributed by atoms with E-state index < -0.39 is 0 Å². The maximum atomic E-state index is 10.9. The zero-order chi connectivity index (χ0) is 8.85. The zero-order valence-electron chi connectivity index (χ0n) is 7.59. The molecule has 2 nitrogen and oxygen atoms in total. The number of carbonyl (C=O) groups excluding carboxylic acids is 1. The largest absolute Gasteiger partial charge is 0.464 e. The molecule has 12 heavy (non-hydrogen) atoms. The topological polar surface area (TPSA) is 26.3 Å². The normalized spacial score (nSPS) is 10.1. The Morgan fingerprint density at radius 3 is 2.33 bits per heavy atom. The molecule has 0 N–H and O–H groups in total. The number of hydrogen-bond donors (Lipinski definition) is 0. The zero-order valence-corrected chi connectivity index (χ0v) is 10.5. The van der Waals surface area contributed by atoms with Gasteiger partial charge in [0.1, 0.15) is 0 Å². The third-order valence-electron chi connectivity index (χ3n) is 1.04. The third kappa shape index (κ3) is 6.35. The van der Waals surface area contributed by atoms with E-state index in [-0.39, 0.29) is 27.0 Å². The minimum absolute atomic E-state index is 0. The summed E-state index contributed by atoms with van der Waals surface area (Å²) in [6.45, 7) is 10.9. The fourth-order valence-corrected chi connectivity index (χ4v) is 0.645. The van der Waals surface area contributed by atoms with Crippen LogP contribution in [0.25, 0.3) is 0 Å². The van der Waals surface area contributed by atoms with Gasteiger partial charge in [0.25, 0.3) is 0 Å². The Morgan fingerprint density at radius 2 is 2.00 bits per heavy atom. The van der Waals surface area contributed by atoms with Gasteiger partial charge in [0.2, 0.25) is 0 Å². The average molecular weight is 337 g/mol. The van der Waals surface area contributed by atoms with Crippen LogP contribution in [0.1, 0.15) is 20.8 Å².